The lowest BCUT2D eigenvalue weighted by atomic mass is 9.96. The summed E-state index contributed by atoms with van der Waals surface area (Å²) >= 11 is 0. The van der Waals surface area contributed by atoms with Crippen molar-refractivity contribution in [3.8, 4) is 59.1 Å². The van der Waals surface area contributed by atoms with Crippen molar-refractivity contribution in [3.63, 3.8) is 0 Å². The van der Waals surface area contributed by atoms with E-state index in [9.17, 15) is 26.3 Å². The van der Waals surface area contributed by atoms with Crippen molar-refractivity contribution in [3.05, 3.63) is 159 Å². The zero-order valence-corrected chi connectivity index (χ0v) is 48.6. The number of hydrogen-bond acceptors (Lipinski definition) is 10. The smallest absolute Gasteiger partial charge is 0.120 e. The second-order valence-corrected chi connectivity index (χ2v) is 21.3. The van der Waals surface area contributed by atoms with Crippen LogP contribution in [0.5, 0.6) is 28.7 Å². The maximum Gasteiger partial charge on any atom is 0.120 e. The van der Waals surface area contributed by atoms with Crippen molar-refractivity contribution in [1.82, 2.24) is 0 Å². The van der Waals surface area contributed by atoms with Gasteiger partial charge in [0.15, 0.2) is 0 Å². The summed E-state index contributed by atoms with van der Waals surface area (Å²) in [5.74, 6) is 3.61. The lowest BCUT2D eigenvalue weighted by Crippen LogP contribution is -2.08. The molecule has 10 nitrogen and oxygen atoms in total. The molecule has 0 heterocycles. The van der Waals surface area contributed by atoms with Crippen molar-refractivity contribution >= 4 is 58.2 Å². The van der Waals surface area contributed by atoms with Crippen LogP contribution in [0.4, 0.5) is 0 Å². The number of ether oxygens (including phenoxy) is 5. The van der Waals surface area contributed by atoms with E-state index in [-0.39, 0.29) is 29.6 Å². The summed E-state index contributed by atoms with van der Waals surface area (Å²) in [6, 6.07) is 39.8. The number of nitrogens with zero attached hydrogens (tertiary/aromatic N) is 5. The third kappa shape index (κ3) is 17.7. The number of allylic oxidation sites excluding steroid dienone is 5. The molecule has 0 aliphatic heterocycles. The number of hydrogen-bond donors (Lipinski definition) is 0. The van der Waals surface area contributed by atoms with Crippen molar-refractivity contribution in [2.45, 2.75) is 94.4 Å². The van der Waals surface area contributed by atoms with Gasteiger partial charge >= 0.3 is 0 Å². The van der Waals surface area contributed by atoms with Gasteiger partial charge < -0.3 is 23.7 Å². The van der Waals surface area contributed by atoms with Gasteiger partial charge in [-0.25, -0.2) is 0 Å². The van der Waals surface area contributed by atoms with Crippen LogP contribution in [0.2, 0.25) is 0 Å². The molecule has 0 N–H and O–H groups in total. The zero-order chi connectivity index (χ0) is 58.4. The Labute approximate surface area is 481 Å². The highest BCUT2D eigenvalue weighted by Gasteiger charge is 2.17. The van der Waals surface area contributed by atoms with E-state index in [1.807, 2.05) is 97.1 Å². The molecule has 10 heteroatoms. The van der Waals surface area contributed by atoms with Gasteiger partial charge in [0.1, 0.15) is 28.7 Å². The van der Waals surface area contributed by atoms with Crippen molar-refractivity contribution < 1.29 is 23.7 Å². The van der Waals surface area contributed by atoms with Gasteiger partial charge in [0, 0.05) is 5.92 Å². The Bertz CT molecular complexity index is 3410. The van der Waals surface area contributed by atoms with Crippen LogP contribution >= 0.6 is 0 Å². The van der Waals surface area contributed by atoms with Crippen LogP contribution in [-0.2, 0) is 0 Å². The monoisotopic (exact) mass is 1080 g/mol. The average Bonchev–Trinajstić information content (AvgIpc) is 3.49. The lowest BCUT2D eigenvalue weighted by molar-refractivity contribution is 0.256. The zero-order valence-electron chi connectivity index (χ0n) is 48.6. The highest BCUT2D eigenvalue weighted by Crippen LogP contribution is 2.36. The minimum atomic E-state index is 0.0657. The average molecular weight is 1080 g/mol. The molecule has 1 aliphatic rings. The van der Waals surface area contributed by atoms with Gasteiger partial charge in [0.2, 0.25) is 0 Å². The Balaban J connectivity index is 1.73. The van der Waals surface area contributed by atoms with E-state index in [1.165, 1.54) is 0 Å². The molecule has 5 aromatic carbocycles. The first-order valence-corrected chi connectivity index (χ1v) is 28.3. The second-order valence-electron chi connectivity index (χ2n) is 21.3. The highest BCUT2D eigenvalue weighted by molar-refractivity contribution is 5.98. The third-order valence-corrected chi connectivity index (χ3v) is 14.6. The van der Waals surface area contributed by atoms with E-state index < -0.39 is 0 Å². The molecule has 0 spiro atoms. The predicted molar refractivity (Wildman–Crippen MR) is 329 cm³/mol. The minimum Gasteiger partial charge on any atom is -0.493 e. The van der Waals surface area contributed by atoms with Gasteiger partial charge in [-0.05, 0) is 207 Å². The summed E-state index contributed by atoms with van der Waals surface area (Å²) < 4.78 is 32.1. The predicted octanol–water partition coefficient (Wildman–Crippen LogP) is 17.6. The van der Waals surface area contributed by atoms with Gasteiger partial charge in [0.05, 0.1) is 91.2 Å². The van der Waals surface area contributed by atoms with Crippen molar-refractivity contribution in [1.29, 1.82) is 26.3 Å². The Hall–Kier alpha value is -9.01. The normalized spacial score (nSPS) is 14.1. The van der Waals surface area contributed by atoms with Crippen LogP contribution in [0.3, 0.4) is 0 Å². The van der Waals surface area contributed by atoms with Crippen LogP contribution < -0.4 is 23.7 Å². The van der Waals surface area contributed by atoms with Crippen molar-refractivity contribution in [2.75, 3.05) is 33.0 Å². The van der Waals surface area contributed by atoms with Gasteiger partial charge in [0.25, 0.3) is 0 Å². The highest BCUT2D eigenvalue weighted by atomic mass is 16.5. The lowest BCUT2D eigenvalue weighted by Gasteiger charge is -2.15. The quantitative estimate of drug-likeness (QED) is 0.0646. The van der Waals surface area contributed by atoms with E-state index in [1.54, 1.807) is 30.4 Å². The fourth-order valence-corrected chi connectivity index (χ4v) is 8.44. The Kier molecular flexibility index (Phi) is 23.0. The number of fused-ring (bicyclic) bond motifs is 10. The Morgan fingerprint density at radius 3 is 0.716 bits per heavy atom. The number of nitriles is 5. The van der Waals surface area contributed by atoms with Crippen LogP contribution in [0, 0.1) is 86.2 Å². The molecule has 10 bridgehead atoms. The maximum absolute atomic E-state index is 11.0. The first kappa shape index (κ1) is 61.2. The summed E-state index contributed by atoms with van der Waals surface area (Å²) in [6.07, 6.45) is 15.1. The first-order chi connectivity index (χ1) is 39.2. The molecular weight excluding hydrogens is 1000 g/mol. The second kappa shape index (κ2) is 30.4. The first-order valence-electron chi connectivity index (χ1n) is 28.3. The van der Waals surface area contributed by atoms with E-state index in [4.69, 9.17) is 23.7 Å². The molecule has 5 atom stereocenters. The summed E-state index contributed by atoms with van der Waals surface area (Å²) in [5.41, 5.74) is 7.27. The molecular formula is C71H75N5O5. The minimum absolute atomic E-state index is 0.0657. The fraction of sp³-hybridized carbons (Fsp3) is 0.338. The Morgan fingerprint density at radius 1 is 0.333 bits per heavy atom. The van der Waals surface area contributed by atoms with E-state index in [2.05, 4.69) is 99.2 Å². The standard InChI is InChI=1S/C71H75N5O5/c1-11-47(7)42-77-67-27-52-17-58(33-67)63(38-73)24-54-19-60(35-69(29-54)79-44-49(9)13-3)65(40-75)26-56-21-61(36-71(31-56)81-46-51(15-5)16-6)66(41-76)25-55-20-59(34-70(30-55)80-45-50(10)14-4)64(39-74)23-53-18-57(62(22-52)37-72)32-68(28-53)78-43-48(8)12-2/h15,17-36,47-51H,5,11-14,16,42-46H2,1-4,6-10H3. The molecule has 0 fully saturated rings. The summed E-state index contributed by atoms with van der Waals surface area (Å²) in [5, 5.41) is 55.1. The number of rotatable bonds is 21. The molecule has 414 valence electrons. The molecule has 0 amide bonds. The SMILES string of the molecule is C=CC(CC)COc1cc2cc(c1)C(C#N)=Cc1cc(OCC(C)CC)cc(c1)C(C#N)=Cc1cc(OCC(C)CC)cc(c1)C(C#N)=Cc1cc(OCC(C)CC)cc(c1)C(C#N)=Cc1cc(OCC(C)CC)cc(c1)C(C#N)=C2. The van der Waals surface area contributed by atoms with E-state index in [0.717, 1.165) is 32.1 Å². The van der Waals surface area contributed by atoms with Crippen LogP contribution in [-0.4, -0.2) is 33.0 Å². The molecule has 6 rings (SSSR count). The fourth-order valence-electron chi connectivity index (χ4n) is 8.44. The molecule has 0 saturated heterocycles. The van der Waals surface area contributed by atoms with Crippen LogP contribution in [0.1, 0.15) is 150 Å². The number of benzene rings is 5. The molecule has 1 aliphatic carbocycles. The van der Waals surface area contributed by atoms with Gasteiger partial charge in [-0.1, -0.05) is 94.1 Å². The molecule has 0 aromatic heterocycles. The van der Waals surface area contributed by atoms with Gasteiger partial charge in [-0.2, -0.15) is 26.3 Å². The molecule has 5 unspecified atom stereocenters. The van der Waals surface area contributed by atoms with Crippen molar-refractivity contribution in [2.24, 2.45) is 29.6 Å². The van der Waals surface area contributed by atoms with Crippen LogP contribution in [0.15, 0.2) is 104 Å². The Morgan fingerprint density at radius 2 is 0.543 bits per heavy atom. The third-order valence-electron chi connectivity index (χ3n) is 14.6. The summed E-state index contributed by atoms with van der Waals surface area (Å²) in [4.78, 5) is 0. The summed E-state index contributed by atoms with van der Waals surface area (Å²) in [6.45, 7) is 25.0. The van der Waals surface area contributed by atoms with Gasteiger partial charge in [-0.3, -0.25) is 0 Å². The molecule has 0 saturated carbocycles. The topological polar surface area (TPSA) is 165 Å². The van der Waals surface area contributed by atoms with E-state index >= 15 is 0 Å². The largest absolute Gasteiger partial charge is 0.493 e. The molecule has 5 aromatic rings. The summed E-state index contributed by atoms with van der Waals surface area (Å²) in [7, 11) is 0. The van der Waals surface area contributed by atoms with Crippen LogP contribution in [0.25, 0.3) is 58.2 Å². The molecule has 0 radical (unpaired) electrons. The van der Waals surface area contributed by atoms with E-state index in [0.29, 0.717) is 145 Å². The molecule has 81 heavy (non-hydrogen) atoms. The van der Waals surface area contributed by atoms with Gasteiger partial charge in [-0.15, -0.1) is 6.58 Å². The maximum atomic E-state index is 11.0.